The van der Waals surface area contributed by atoms with Crippen molar-refractivity contribution < 1.29 is 34.5 Å². The second-order valence-electron chi connectivity index (χ2n) is 4.02. The van der Waals surface area contributed by atoms with Crippen molar-refractivity contribution >= 4 is 35.2 Å². The molecule has 1 aromatic carbocycles. The van der Waals surface area contributed by atoms with Crippen LogP contribution in [0.1, 0.15) is 10.4 Å². The molecule has 1 amide bonds. The monoisotopic (exact) mass is 317 g/mol. The van der Waals surface area contributed by atoms with Gasteiger partial charge in [-0.15, -0.1) is 0 Å². The molecule has 0 aliphatic heterocycles. The van der Waals surface area contributed by atoms with Gasteiger partial charge in [-0.1, -0.05) is 0 Å². The van der Waals surface area contributed by atoms with Crippen molar-refractivity contribution in [3.8, 4) is 0 Å². The Morgan fingerprint density at radius 3 is 2.00 bits per heavy atom. The van der Waals surface area contributed by atoms with E-state index < -0.39 is 23.8 Å². The third-order valence-corrected chi connectivity index (χ3v) is 2.28. The van der Waals surface area contributed by atoms with Crippen molar-refractivity contribution in [2.75, 3.05) is 10.6 Å². The number of aromatic carboxylic acids is 1. The Bertz CT molecular complexity index is 707. The second kappa shape index (κ2) is 7.98. The Kier molecular flexibility index (Phi) is 6.05. The van der Waals surface area contributed by atoms with Gasteiger partial charge in [-0.2, -0.15) is 0 Å². The molecule has 0 aliphatic rings. The zero-order valence-electron chi connectivity index (χ0n) is 11.4. The zero-order valence-corrected chi connectivity index (χ0v) is 11.4. The Labute approximate surface area is 129 Å². The van der Waals surface area contributed by atoms with Crippen LogP contribution in [-0.4, -0.2) is 23.8 Å². The normalized spacial score (nSPS) is 10.6. The van der Waals surface area contributed by atoms with Crippen LogP contribution in [0.4, 0.5) is 11.4 Å². The van der Waals surface area contributed by atoms with Crippen LogP contribution in [0.5, 0.6) is 0 Å². The number of carbonyl (C=O) groups is 4. The fourth-order valence-electron chi connectivity index (χ4n) is 1.43. The average Bonchev–Trinajstić information content (AvgIpc) is 2.44. The Morgan fingerprint density at radius 1 is 0.826 bits per heavy atom. The average molecular weight is 317 g/mol. The number of hydrogen-bond acceptors (Lipinski definition) is 8. The third-order valence-electron chi connectivity index (χ3n) is 2.28. The van der Waals surface area contributed by atoms with Crippen LogP contribution < -0.4 is 26.0 Å². The molecule has 0 atom stereocenters. The molecule has 2 N–H and O–H groups in total. The van der Waals surface area contributed by atoms with Gasteiger partial charge in [0.2, 0.25) is 5.91 Å². The molecular weight excluding hydrogens is 308 g/mol. The van der Waals surface area contributed by atoms with Gasteiger partial charge in [0.1, 0.15) is 0 Å². The lowest BCUT2D eigenvalue weighted by molar-refractivity contribution is -0.298. The van der Waals surface area contributed by atoms with E-state index in [1.165, 1.54) is 6.07 Å². The first-order chi connectivity index (χ1) is 10.8. The van der Waals surface area contributed by atoms with Crippen LogP contribution in [0.3, 0.4) is 0 Å². The summed E-state index contributed by atoms with van der Waals surface area (Å²) in [6, 6.07) is 3.51. The SMILES string of the molecule is O=C([O-])/C=C/Nc1cc(NC(=O)/C=C/C(=O)[O-])cc(C(=O)[O-])c1. The number of carboxylic acids is 3. The van der Waals surface area contributed by atoms with Gasteiger partial charge in [-0.25, -0.2) is 0 Å². The molecule has 0 fully saturated rings. The summed E-state index contributed by atoms with van der Waals surface area (Å²) in [6.07, 6.45) is 2.85. The van der Waals surface area contributed by atoms with Crippen molar-refractivity contribution in [1.82, 2.24) is 0 Å². The van der Waals surface area contributed by atoms with E-state index >= 15 is 0 Å². The molecule has 0 saturated carbocycles. The fraction of sp³-hybridized carbons (Fsp3) is 0. The molecule has 120 valence electrons. The lowest BCUT2D eigenvalue weighted by Crippen LogP contribution is -2.23. The number of carboxylic acid groups (broad SMARTS) is 3. The minimum absolute atomic E-state index is 0.0176. The quantitative estimate of drug-likeness (QED) is 0.502. The summed E-state index contributed by atoms with van der Waals surface area (Å²) < 4.78 is 0. The first-order valence-corrected chi connectivity index (χ1v) is 5.98. The van der Waals surface area contributed by atoms with Gasteiger partial charge in [-0.3, -0.25) is 4.79 Å². The lowest BCUT2D eigenvalue weighted by atomic mass is 10.1. The van der Waals surface area contributed by atoms with Crippen molar-refractivity contribution in [3.63, 3.8) is 0 Å². The standard InChI is InChI=1S/C14H12N2O7/c17-11(1-2-12(18)19)16-10-6-8(14(22)23)5-9(7-10)15-4-3-13(20)21/h1-7,15H,(H,16,17)(H,18,19)(H,20,21)(H,22,23)/p-3/b2-1+,4-3+. The summed E-state index contributed by atoms with van der Waals surface area (Å²) in [4.78, 5) is 42.8. The van der Waals surface area contributed by atoms with E-state index in [4.69, 9.17) is 0 Å². The molecule has 0 aromatic heterocycles. The molecule has 0 bridgehead atoms. The summed E-state index contributed by atoms with van der Waals surface area (Å²) in [7, 11) is 0. The zero-order chi connectivity index (χ0) is 17.4. The van der Waals surface area contributed by atoms with E-state index in [1.54, 1.807) is 0 Å². The van der Waals surface area contributed by atoms with Crippen LogP contribution >= 0.6 is 0 Å². The maximum absolute atomic E-state index is 11.4. The highest BCUT2D eigenvalue weighted by Crippen LogP contribution is 2.19. The maximum atomic E-state index is 11.4. The first kappa shape index (κ1) is 17.4. The van der Waals surface area contributed by atoms with Crippen molar-refractivity contribution in [1.29, 1.82) is 0 Å². The van der Waals surface area contributed by atoms with Gasteiger partial charge < -0.3 is 40.3 Å². The van der Waals surface area contributed by atoms with Crippen LogP contribution in [0.2, 0.25) is 0 Å². The predicted molar refractivity (Wildman–Crippen MR) is 71.3 cm³/mol. The number of rotatable bonds is 7. The van der Waals surface area contributed by atoms with Gasteiger partial charge in [0, 0.05) is 29.2 Å². The number of nitrogens with one attached hydrogen (secondary N) is 2. The molecule has 0 radical (unpaired) electrons. The van der Waals surface area contributed by atoms with E-state index in [2.05, 4.69) is 10.6 Å². The minimum Gasteiger partial charge on any atom is -0.545 e. The van der Waals surface area contributed by atoms with Gasteiger partial charge in [-0.05, 0) is 30.4 Å². The highest BCUT2D eigenvalue weighted by atomic mass is 16.4. The smallest absolute Gasteiger partial charge is 0.248 e. The Balaban J connectivity index is 2.99. The number of aliphatic carboxylic acids is 2. The molecule has 0 heterocycles. The molecular formula is C14H9N2O7-3. The largest absolute Gasteiger partial charge is 0.545 e. The molecule has 1 aromatic rings. The molecule has 9 heteroatoms. The lowest BCUT2D eigenvalue weighted by Gasteiger charge is -2.11. The predicted octanol–water partition coefficient (Wildman–Crippen LogP) is -3.03. The Morgan fingerprint density at radius 2 is 1.43 bits per heavy atom. The molecule has 0 saturated heterocycles. The van der Waals surface area contributed by atoms with Crippen molar-refractivity contribution in [2.24, 2.45) is 0 Å². The number of amides is 1. The molecule has 9 nitrogen and oxygen atoms in total. The van der Waals surface area contributed by atoms with Gasteiger partial charge >= 0.3 is 0 Å². The van der Waals surface area contributed by atoms with Crippen molar-refractivity contribution in [3.05, 3.63) is 48.2 Å². The van der Waals surface area contributed by atoms with E-state index in [0.717, 1.165) is 18.3 Å². The van der Waals surface area contributed by atoms with Gasteiger partial charge in [0.25, 0.3) is 0 Å². The van der Waals surface area contributed by atoms with E-state index in [0.29, 0.717) is 18.2 Å². The highest BCUT2D eigenvalue weighted by Gasteiger charge is 2.04. The molecule has 1 rings (SSSR count). The topological polar surface area (TPSA) is 162 Å². The van der Waals surface area contributed by atoms with Gasteiger partial charge in [0.15, 0.2) is 0 Å². The van der Waals surface area contributed by atoms with E-state index in [-0.39, 0.29) is 16.9 Å². The van der Waals surface area contributed by atoms with Crippen LogP contribution in [0.25, 0.3) is 0 Å². The first-order valence-electron chi connectivity index (χ1n) is 5.98. The number of carbonyl (C=O) groups excluding carboxylic acids is 4. The molecule has 23 heavy (non-hydrogen) atoms. The summed E-state index contributed by atoms with van der Waals surface area (Å²) in [5, 5.41) is 36.1. The molecule has 0 aliphatic carbocycles. The highest BCUT2D eigenvalue weighted by molar-refractivity contribution is 6.03. The second-order valence-corrected chi connectivity index (χ2v) is 4.02. The van der Waals surface area contributed by atoms with Crippen LogP contribution in [-0.2, 0) is 14.4 Å². The Hall–Kier alpha value is -3.62. The number of benzene rings is 1. The van der Waals surface area contributed by atoms with E-state index in [1.807, 2.05) is 0 Å². The summed E-state index contributed by atoms with van der Waals surface area (Å²) in [5.74, 6) is -5.40. The van der Waals surface area contributed by atoms with Crippen LogP contribution in [0.15, 0.2) is 42.6 Å². The summed E-state index contributed by atoms with van der Waals surface area (Å²) in [5.41, 5.74) is -0.136. The fourth-order valence-corrected chi connectivity index (χ4v) is 1.43. The number of hydrogen-bond donors (Lipinski definition) is 2. The molecule has 0 spiro atoms. The number of anilines is 2. The third kappa shape index (κ3) is 6.58. The maximum Gasteiger partial charge on any atom is 0.248 e. The summed E-state index contributed by atoms with van der Waals surface area (Å²) in [6.45, 7) is 0. The summed E-state index contributed by atoms with van der Waals surface area (Å²) >= 11 is 0. The van der Waals surface area contributed by atoms with Crippen molar-refractivity contribution in [2.45, 2.75) is 0 Å². The van der Waals surface area contributed by atoms with Crippen LogP contribution in [0, 0.1) is 0 Å². The molecule has 0 unspecified atom stereocenters. The van der Waals surface area contributed by atoms with E-state index in [9.17, 15) is 34.5 Å². The van der Waals surface area contributed by atoms with Gasteiger partial charge in [0.05, 0.1) is 17.9 Å². The minimum atomic E-state index is -1.57.